The van der Waals surface area contributed by atoms with Gasteiger partial charge in [0.05, 0.1) is 11.5 Å². The number of rotatable bonds is 6. The molecule has 1 aliphatic rings. The fraction of sp³-hybridized carbons (Fsp3) is 0.385. The first-order valence-corrected chi connectivity index (χ1v) is 6.51. The van der Waals surface area contributed by atoms with Crippen LogP contribution < -0.4 is 4.74 Å². The average molecular weight is 291 g/mol. The van der Waals surface area contributed by atoms with E-state index < -0.39 is 4.92 Å². The minimum atomic E-state index is -0.524. The number of hydrogen-bond donors (Lipinski definition) is 1. The van der Waals surface area contributed by atoms with Crippen molar-refractivity contribution in [3.05, 3.63) is 45.6 Å². The molecule has 1 heterocycles. The Morgan fingerprint density at radius 1 is 1.48 bits per heavy atom. The van der Waals surface area contributed by atoms with E-state index in [1.807, 2.05) is 0 Å². The molecule has 0 unspecified atom stereocenters. The van der Waals surface area contributed by atoms with Gasteiger partial charge in [0, 0.05) is 23.6 Å². The molecule has 2 aromatic rings. The molecular formula is C13H13N3O5. The highest BCUT2D eigenvalue weighted by Crippen LogP contribution is 2.38. The second-order valence-electron chi connectivity index (χ2n) is 4.82. The predicted octanol–water partition coefficient (Wildman–Crippen LogP) is 1.93. The Morgan fingerprint density at radius 2 is 2.29 bits per heavy atom. The number of aliphatic hydroxyl groups is 1. The van der Waals surface area contributed by atoms with Gasteiger partial charge in [0.15, 0.2) is 6.61 Å². The third-order valence-electron chi connectivity index (χ3n) is 3.19. The van der Waals surface area contributed by atoms with Gasteiger partial charge in [-0.3, -0.25) is 10.1 Å². The molecule has 1 fully saturated rings. The minimum Gasteiger partial charge on any atom is -0.485 e. The number of nitro benzene ring substituents is 1. The van der Waals surface area contributed by atoms with E-state index >= 15 is 0 Å². The highest BCUT2D eigenvalue weighted by atomic mass is 16.6. The van der Waals surface area contributed by atoms with Crippen LogP contribution in [0.4, 0.5) is 5.69 Å². The van der Waals surface area contributed by atoms with Gasteiger partial charge in [-0.15, -0.1) is 0 Å². The number of aliphatic hydroxyl groups excluding tert-OH is 1. The lowest BCUT2D eigenvalue weighted by Gasteiger charge is -2.07. The van der Waals surface area contributed by atoms with Crippen LogP contribution in [0.1, 0.15) is 36.0 Å². The van der Waals surface area contributed by atoms with Crippen LogP contribution in [0.3, 0.4) is 0 Å². The maximum Gasteiger partial charge on any atom is 0.270 e. The second-order valence-corrected chi connectivity index (χ2v) is 4.82. The molecule has 0 atom stereocenters. The van der Waals surface area contributed by atoms with E-state index in [4.69, 9.17) is 9.26 Å². The van der Waals surface area contributed by atoms with Gasteiger partial charge in [0.1, 0.15) is 5.75 Å². The van der Waals surface area contributed by atoms with Crippen molar-refractivity contribution in [3.63, 3.8) is 0 Å². The Labute approximate surface area is 119 Å². The fourth-order valence-corrected chi connectivity index (χ4v) is 1.91. The predicted molar refractivity (Wildman–Crippen MR) is 69.6 cm³/mol. The molecule has 3 rings (SSSR count). The first-order chi connectivity index (χ1) is 10.2. The molecule has 0 radical (unpaired) electrons. The summed E-state index contributed by atoms with van der Waals surface area (Å²) in [6, 6.07) is 4.05. The van der Waals surface area contributed by atoms with Crippen LogP contribution in [0, 0.1) is 10.1 Å². The van der Waals surface area contributed by atoms with Gasteiger partial charge in [-0.1, -0.05) is 5.16 Å². The molecular weight excluding hydrogens is 278 g/mol. The van der Waals surface area contributed by atoms with Gasteiger partial charge in [-0.25, -0.2) is 0 Å². The summed E-state index contributed by atoms with van der Waals surface area (Å²) in [6.07, 6.45) is 2.14. The standard InChI is InChI=1S/C13H13N3O5/c17-6-9-5-10(16(18)19)3-4-11(9)20-7-12-14-13(21-15-12)8-1-2-8/h3-5,8,17H,1-2,6-7H2. The molecule has 0 saturated heterocycles. The number of nitro groups is 1. The molecule has 0 spiro atoms. The van der Waals surface area contributed by atoms with Gasteiger partial charge in [0.2, 0.25) is 11.7 Å². The van der Waals surface area contributed by atoms with Crippen molar-refractivity contribution in [2.45, 2.75) is 32.0 Å². The number of benzene rings is 1. The topological polar surface area (TPSA) is 112 Å². The maximum absolute atomic E-state index is 10.7. The summed E-state index contributed by atoms with van der Waals surface area (Å²) in [5.41, 5.74) is 0.247. The zero-order chi connectivity index (χ0) is 14.8. The van der Waals surface area contributed by atoms with Crippen molar-refractivity contribution in [1.29, 1.82) is 0 Å². The molecule has 110 valence electrons. The number of ether oxygens (including phenoxy) is 1. The summed E-state index contributed by atoms with van der Waals surface area (Å²) in [5, 5.41) is 23.7. The van der Waals surface area contributed by atoms with Crippen molar-refractivity contribution in [3.8, 4) is 5.75 Å². The molecule has 8 nitrogen and oxygen atoms in total. The van der Waals surface area contributed by atoms with Crippen molar-refractivity contribution in [2.75, 3.05) is 0 Å². The lowest BCUT2D eigenvalue weighted by Crippen LogP contribution is -2.01. The van der Waals surface area contributed by atoms with E-state index in [-0.39, 0.29) is 18.9 Å². The van der Waals surface area contributed by atoms with Gasteiger partial charge in [0.25, 0.3) is 5.69 Å². The number of non-ortho nitro benzene ring substituents is 1. The van der Waals surface area contributed by atoms with E-state index in [1.165, 1.54) is 18.2 Å². The van der Waals surface area contributed by atoms with E-state index in [0.29, 0.717) is 28.9 Å². The summed E-state index contributed by atoms with van der Waals surface area (Å²) >= 11 is 0. The van der Waals surface area contributed by atoms with Gasteiger partial charge < -0.3 is 14.4 Å². The van der Waals surface area contributed by atoms with Gasteiger partial charge in [-0.2, -0.15) is 4.98 Å². The highest BCUT2D eigenvalue weighted by Gasteiger charge is 2.29. The van der Waals surface area contributed by atoms with Crippen LogP contribution >= 0.6 is 0 Å². The Bertz CT molecular complexity index is 666. The van der Waals surface area contributed by atoms with Crippen LogP contribution in [0.15, 0.2) is 22.7 Å². The lowest BCUT2D eigenvalue weighted by atomic mass is 10.2. The first kappa shape index (κ1) is 13.5. The monoisotopic (exact) mass is 291 g/mol. The quantitative estimate of drug-likeness (QED) is 0.639. The second kappa shape index (κ2) is 5.49. The zero-order valence-electron chi connectivity index (χ0n) is 11.1. The van der Waals surface area contributed by atoms with E-state index in [1.54, 1.807) is 0 Å². The third kappa shape index (κ3) is 3.00. The minimum absolute atomic E-state index is 0.0844. The normalized spacial score (nSPS) is 14.1. The molecule has 0 amide bonds. The largest absolute Gasteiger partial charge is 0.485 e. The molecule has 21 heavy (non-hydrogen) atoms. The van der Waals surface area contributed by atoms with Crippen LogP contribution in [0.5, 0.6) is 5.75 Å². The zero-order valence-corrected chi connectivity index (χ0v) is 11.1. The van der Waals surface area contributed by atoms with Gasteiger partial charge >= 0.3 is 0 Å². The number of aromatic nitrogens is 2. The average Bonchev–Trinajstić information content (AvgIpc) is 3.24. The van der Waals surface area contributed by atoms with Crippen molar-refractivity contribution in [2.24, 2.45) is 0 Å². The Hall–Kier alpha value is -2.48. The number of hydrogen-bond acceptors (Lipinski definition) is 7. The van der Waals surface area contributed by atoms with Crippen molar-refractivity contribution >= 4 is 5.69 Å². The van der Waals surface area contributed by atoms with E-state index in [2.05, 4.69) is 10.1 Å². The molecule has 0 bridgehead atoms. The summed E-state index contributed by atoms with van der Waals surface area (Å²) in [5.74, 6) is 1.78. The fourth-order valence-electron chi connectivity index (χ4n) is 1.91. The first-order valence-electron chi connectivity index (χ1n) is 6.51. The summed E-state index contributed by atoms with van der Waals surface area (Å²) in [7, 11) is 0. The van der Waals surface area contributed by atoms with Crippen LogP contribution in [0.25, 0.3) is 0 Å². The van der Waals surface area contributed by atoms with Crippen molar-refractivity contribution in [1.82, 2.24) is 10.1 Å². The maximum atomic E-state index is 10.7. The molecule has 1 aromatic carbocycles. The van der Waals surface area contributed by atoms with Crippen molar-refractivity contribution < 1.29 is 19.3 Å². The van der Waals surface area contributed by atoms with Crippen LogP contribution in [-0.2, 0) is 13.2 Å². The molecule has 1 N–H and O–H groups in total. The molecule has 1 saturated carbocycles. The Kier molecular flexibility index (Phi) is 3.53. The van der Waals surface area contributed by atoms with Crippen LogP contribution in [-0.4, -0.2) is 20.2 Å². The summed E-state index contributed by atoms with van der Waals surface area (Å²) < 4.78 is 10.6. The summed E-state index contributed by atoms with van der Waals surface area (Å²) in [4.78, 5) is 14.4. The van der Waals surface area contributed by atoms with Gasteiger partial charge in [-0.05, 0) is 18.9 Å². The summed E-state index contributed by atoms with van der Waals surface area (Å²) in [6.45, 7) is -0.266. The Morgan fingerprint density at radius 3 is 2.95 bits per heavy atom. The molecule has 8 heteroatoms. The van der Waals surface area contributed by atoms with Crippen LogP contribution in [0.2, 0.25) is 0 Å². The lowest BCUT2D eigenvalue weighted by molar-refractivity contribution is -0.385. The van der Waals surface area contributed by atoms with E-state index in [0.717, 1.165) is 12.8 Å². The molecule has 1 aliphatic carbocycles. The third-order valence-corrected chi connectivity index (χ3v) is 3.19. The number of nitrogens with zero attached hydrogens (tertiary/aromatic N) is 3. The van der Waals surface area contributed by atoms with E-state index in [9.17, 15) is 15.2 Å². The molecule has 1 aromatic heterocycles. The highest BCUT2D eigenvalue weighted by molar-refractivity contribution is 5.43. The smallest absolute Gasteiger partial charge is 0.270 e. The molecule has 0 aliphatic heterocycles. The Balaban J connectivity index is 1.69. The SMILES string of the molecule is O=[N+]([O-])c1ccc(OCc2noc(C3CC3)n2)c(CO)c1.